The third-order valence-electron chi connectivity index (χ3n) is 3.83. The molecule has 1 atom stereocenters. The molecule has 0 aliphatic carbocycles. The van der Waals surface area contributed by atoms with Crippen molar-refractivity contribution in [3.05, 3.63) is 65.5 Å². The van der Waals surface area contributed by atoms with Gasteiger partial charge >= 0.3 is 5.97 Å². The van der Waals surface area contributed by atoms with E-state index in [2.05, 4.69) is 5.32 Å². The van der Waals surface area contributed by atoms with Gasteiger partial charge in [-0.1, -0.05) is 24.3 Å². The van der Waals surface area contributed by atoms with Crippen molar-refractivity contribution >= 4 is 11.9 Å². The Morgan fingerprint density at radius 1 is 1.04 bits per heavy atom. The second-order valence-electron chi connectivity index (χ2n) is 5.82. The number of carbonyl (C=O) groups is 2. The molecule has 138 valence electrons. The highest BCUT2D eigenvalue weighted by Crippen LogP contribution is 2.13. The van der Waals surface area contributed by atoms with E-state index in [4.69, 9.17) is 9.47 Å². The summed E-state index contributed by atoms with van der Waals surface area (Å²) in [5.74, 6) is -0.417. The molecule has 0 aliphatic heterocycles. The van der Waals surface area contributed by atoms with E-state index in [1.807, 2.05) is 24.3 Å². The highest BCUT2D eigenvalue weighted by Gasteiger charge is 2.17. The van der Waals surface area contributed by atoms with E-state index >= 15 is 0 Å². The van der Waals surface area contributed by atoms with E-state index in [1.165, 1.54) is 19.1 Å². The SMILES string of the molecule is COc1ccc(CCC(=O)O[C@@H](C)C(=O)NCc2ccc(F)cc2)cc1. The van der Waals surface area contributed by atoms with Crippen LogP contribution >= 0.6 is 0 Å². The quantitative estimate of drug-likeness (QED) is 0.736. The number of aryl methyl sites for hydroxylation is 1. The van der Waals surface area contributed by atoms with Crippen LogP contribution < -0.4 is 10.1 Å². The Morgan fingerprint density at radius 3 is 2.27 bits per heavy atom. The first-order valence-corrected chi connectivity index (χ1v) is 8.32. The van der Waals surface area contributed by atoms with Crippen LogP contribution in [-0.2, 0) is 27.3 Å². The smallest absolute Gasteiger partial charge is 0.306 e. The van der Waals surface area contributed by atoms with Gasteiger partial charge in [-0.3, -0.25) is 9.59 Å². The van der Waals surface area contributed by atoms with Crippen molar-refractivity contribution < 1.29 is 23.5 Å². The molecule has 0 aliphatic rings. The zero-order valence-electron chi connectivity index (χ0n) is 14.8. The van der Waals surface area contributed by atoms with Gasteiger partial charge in [0.15, 0.2) is 6.10 Å². The van der Waals surface area contributed by atoms with Gasteiger partial charge in [-0.05, 0) is 48.7 Å². The molecule has 0 heterocycles. The molecule has 1 amide bonds. The van der Waals surface area contributed by atoms with E-state index in [9.17, 15) is 14.0 Å². The van der Waals surface area contributed by atoms with Crippen LogP contribution in [0.15, 0.2) is 48.5 Å². The monoisotopic (exact) mass is 359 g/mol. The Bertz CT molecular complexity index is 728. The summed E-state index contributed by atoms with van der Waals surface area (Å²) in [5.41, 5.74) is 1.74. The van der Waals surface area contributed by atoms with E-state index in [1.54, 1.807) is 19.2 Å². The van der Waals surface area contributed by atoms with E-state index in [0.717, 1.165) is 16.9 Å². The molecule has 6 heteroatoms. The molecular formula is C20H22FNO4. The van der Waals surface area contributed by atoms with Crippen molar-refractivity contribution in [3.63, 3.8) is 0 Å². The predicted octanol–water partition coefficient (Wildman–Crippen LogP) is 3.02. The Morgan fingerprint density at radius 2 is 1.65 bits per heavy atom. The van der Waals surface area contributed by atoms with Crippen molar-refractivity contribution in [1.29, 1.82) is 0 Å². The maximum absolute atomic E-state index is 12.8. The minimum absolute atomic E-state index is 0.182. The van der Waals surface area contributed by atoms with Crippen LogP contribution in [-0.4, -0.2) is 25.1 Å². The summed E-state index contributed by atoms with van der Waals surface area (Å²) in [6.45, 7) is 1.76. The van der Waals surface area contributed by atoms with Crippen LogP contribution in [0.25, 0.3) is 0 Å². The number of nitrogens with one attached hydrogen (secondary N) is 1. The summed E-state index contributed by atoms with van der Waals surface area (Å²) >= 11 is 0. The highest BCUT2D eigenvalue weighted by molar-refractivity contribution is 5.83. The second kappa shape index (κ2) is 9.56. The first-order chi connectivity index (χ1) is 12.5. The van der Waals surface area contributed by atoms with E-state index in [-0.39, 0.29) is 18.8 Å². The topological polar surface area (TPSA) is 64.6 Å². The molecular weight excluding hydrogens is 337 g/mol. The number of halogens is 1. The van der Waals surface area contributed by atoms with Crippen molar-refractivity contribution in [2.75, 3.05) is 7.11 Å². The second-order valence-corrected chi connectivity index (χ2v) is 5.82. The molecule has 26 heavy (non-hydrogen) atoms. The molecule has 0 fully saturated rings. The number of methoxy groups -OCH3 is 1. The van der Waals surface area contributed by atoms with Gasteiger partial charge in [-0.15, -0.1) is 0 Å². The molecule has 0 bridgehead atoms. The minimum atomic E-state index is -0.890. The number of esters is 1. The summed E-state index contributed by atoms with van der Waals surface area (Å²) in [7, 11) is 1.59. The van der Waals surface area contributed by atoms with Gasteiger partial charge in [0.05, 0.1) is 7.11 Å². The lowest BCUT2D eigenvalue weighted by Gasteiger charge is -2.13. The van der Waals surface area contributed by atoms with Crippen molar-refractivity contribution in [2.24, 2.45) is 0 Å². The van der Waals surface area contributed by atoms with Gasteiger partial charge < -0.3 is 14.8 Å². The van der Waals surface area contributed by atoms with Gasteiger partial charge in [-0.2, -0.15) is 0 Å². The number of amides is 1. The zero-order chi connectivity index (χ0) is 18.9. The first-order valence-electron chi connectivity index (χ1n) is 8.32. The summed E-state index contributed by atoms with van der Waals surface area (Å²) in [6.07, 6.45) is -0.187. The maximum atomic E-state index is 12.8. The van der Waals surface area contributed by atoms with Gasteiger partial charge in [0.25, 0.3) is 5.91 Å². The average Bonchev–Trinajstić information content (AvgIpc) is 2.66. The Kier molecular flexibility index (Phi) is 7.14. The molecule has 0 saturated carbocycles. The number of hydrogen-bond donors (Lipinski definition) is 1. The zero-order valence-corrected chi connectivity index (χ0v) is 14.8. The van der Waals surface area contributed by atoms with Crippen LogP contribution in [0.4, 0.5) is 4.39 Å². The maximum Gasteiger partial charge on any atom is 0.306 e. The van der Waals surface area contributed by atoms with Gasteiger partial charge in [0.1, 0.15) is 11.6 Å². The summed E-state index contributed by atoms with van der Waals surface area (Å²) < 4.78 is 23.1. The van der Waals surface area contributed by atoms with Gasteiger partial charge in [-0.25, -0.2) is 4.39 Å². The molecule has 0 radical (unpaired) electrons. The fourth-order valence-electron chi connectivity index (χ4n) is 2.28. The Labute approximate surface area is 152 Å². The van der Waals surface area contributed by atoms with Crippen molar-refractivity contribution in [1.82, 2.24) is 5.32 Å². The molecule has 2 aromatic rings. The third-order valence-corrected chi connectivity index (χ3v) is 3.83. The lowest BCUT2D eigenvalue weighted by molar-refractivity contribution is -0.154. The van der Waals surface area contributed by atoms with Crippen LogP contribution in [0.3, 0.4) is 0 Å². The predicted molar refractivity (Wildman–Crippen MR) is 95.1 cm³/mol. The third kappa shape index (κ3) is 6.20. The van der Waals surface area contributed by atoms with Crippen LogP contribution in [0.1, 0.15) is 24.5 Å². The number of hydrogen-bond acceptors (Lipinski definition) is 4. The fraction of sp³-hybridized carbons (Fsp3) is 0.300. The molecule has 0 unspecified atom stereocenters. The number of benzene rings is 2. The van der Waals surface area contributed by atoms with E-state index < -0.39 is 18.0 Å². The molecule has 1 N–H and O–H groups in total. The Balaban J connectivity index is 1.72. The molecule has 0 aromatic heterocycles. The molecule has 2 aromatic carbocycles. The fourth-order valence-corrected chi connectivity index (χ4v) is 2.28. The number of carbonyl (C=O) groups excluding carboxylic acids is 2. The summed E-state index contributed by atoms with van der Waals surface area (Å²) in [4.78, 5) is 23.9. The highest BCUT2D eigenvalue weighted by atomic mass is 19.1. The van der Waals surface area contributed by atoms with Crippen LogP contribution in [0.2, 0.25) is 0 Å². The normalized spacial score (nSPS) is 11.5. The lowest BCUT2D eigenvalue weighted by atomic mass is 10.1. The molecule has 2 rings (SSSR count). The minimum Gasteiger partial charge on any atom is -0.497 e. The van der Waals surface area contributed by atoms with Gasteiger partial charge in [0, 0.05) is 13.0 Å². The molecule has 0 spiro atoms. The summed E-state index contributed by atoms with van der Waals surface area (Å²) in [5, 5.41) is 2.66. The Hall–Kier alpha value is -2.89. The molecule has 0 saturated heterocycles. The largest absolute Gasteiger partial charge is 0.497 e. The standard InChI is InChI=1S/C20H22FNO4/c1-14(20(24)22-13-16-3-8-17(21)9-4-16)26-19(23)12-7-15-5-10-18(25-2)11-6-15/h3-6,8-11,14H,7,12-13H2,1-2H3,(H,22,24)/t14-/m0/s1. The average molecular weight is 359 g/mol. The van der Waals surface area contributed by atoms with E-state index in [0.29, 0.717) is 6.42 Å². The first kappa shape index (κ1) is 19.4. The van der Waals surface area contributed by atoms with Crippen LogP contribution in [0, 0.1) is 5.82 Å². The van der Waals surface area contributed by atoms with Gasteiger partial charge in [0.2, 0.25) is 0 Å². The van der Waals surface area contributed by atoms with Crippen molar-refractivity contribution in [2.45, 2.75) is 32.4 Å². The summed E-state index contributed by atoms with van der Waals surface area (Å²) in [6, 6.07) is 13.2. The lowest BCUT2D eigenvalue weighted by Crippen LogP contribution is -2.35. The number of ether oxygens (including phenoxy) is 2. The molecule has 5 nitrogen and oxygen atoms in total. The number of rotatable bonds is 8. The van der Waals surface area contributed by atoms with Crippen LogP contribution in [0.5, 0.6) is 5.75 Å². The van der Waals surface area contributed by atoms with Crippen molar-refractivity contribution in [3.8, 4) is 5.75 Å².